The maximum atomic E-state index is 12.0. The SMILES string of the molecule is CCCCCCCCCCCCCC(=O)NC(=S)Nc1ccc(NC(C)=O)cc1. The first-order valence-electron chi connectivity index (χ1n) is 11.0. The number of hydrogen-bond acceptors (Lipinski definition) is 3. The molecule has 1 aromatic rings. The van der Waals surface area contributed by atoms with Gasteiger partial charge in [0.15, 0.2) is 5.11 Å². The standard InChI is InChI=1S/C23H37N3O2S/c1-3-4-5-6-7-8-9-10-11-12-13-14-22(28)26-23(29)25-21-17-15-20(16-18-21)24-19(2)27/h15-18H,3-14H2,1-2H3,(H,24,27)(H2,25,26,28,29). The Morgan fingerprint density at radius 1 is 0.759 bits per heavy atom. The van der Waals surface area contributed by atoms with Crippen LogP contribution in [0.3, 0.4) is 0 Å². The summed E-state index contributed by atoms with van der Waals surface area (Å²) in [6, 6.07) is 7.15. The van der Waals surface area contributed by atoms with Gasteiger partial charge < -0.3 is 16.0 Å². The molecule has 0 spiro atoms. The Morgan fingerprint density at radius 2 is 1.21 bits per heavy atom. The van der Waals surface area contributed by atoms with Gasteiger partial charge in [0.1, 0.15) is 0 Å². The van der Waals surface area contributed by atoms with Crippen LogP contribution in [0.15, 0.2) is 24.3 Å². The van der Waals surface area contributed by atoms with Gasteiger partial charge in [-0.05, 0) is 42.9 Å². The van der Waals surface area contributed by atoms with Crippen LogP contribution in [-0.2, 0) is 9.59 Å². The van der Waals surface area contributed by atoms with Gasteiger partial charge in [-0.1, -0.05) is 71.1 Å². The summed E-state index contributed by atoms with van der Waals surface area (Å²) in [6.45, 7) is 3.71. The van der Waals surface area contributed by atoms with Crippen LogP contribution >= 0.6 is 12.2 Å². The number of carbonyl (C=O) groups excluding carboxylic acids is 2. The molecule has 0 atom stereocenters. The summed E-state index contributed by atoms with van der Waals surface area (Å²) in [4.78, 5) is 23.0. The molecule has 6 heteroatoms. The smallest absolute Gasteiger partial charge is 0.226 e. The lowest BCUT2D eigenvalue weighted by atomic mass is 10.1. The summed E-state index contributed by atoms with van der Waals surface area (Å²) in [5, 5.41) is 8.70. The van der Waals surface area contributed by atoms with Gasteiger partial charge in [-0.3, -0.25) is 9.59 Å². The highest BCUT2D eigenvalue weighted by Crippen LogP contribution is 2.14. The van der Waals surface area contributed by atoms with Gasteiger partial charge in [0.2, 0.25) is 11.8 Å². The topological polar surface area (TPSA) is 70.2 Å². The fourth-order valence-electron chi connectivity index (χ4n) is 3.14. The van der Waals surface area contributed by atoms with Crippen molar-refractivity contribution in [3.63, 3.8) is 0 Å². The van der Waals surface area contributed by atoms with Crippen molar-refractivity contribution in [3.05, 3.63) is 24.3 Å². The maximum Gasteiger partial charge on any atom is 0.226 e. The largest absolute Gasteiger partial charge is 0.332 e. The molecule has 5 nitrogen and oxygen atoms in total. The van der Waals surface area contributed by atoms with E-state index in [1.54, 1.807) is 24.3 Å². The van der Waals surface area contributed by atoms with Crippen molar-refractivity contribution in [2.45, 2.75) is 90.9 Å². The average molecular weight is 420 g/mol. The van der Waals surface area contributed by atoms with Crippen LogP contribution in [0.2, 0.25) is 0 Å². The third-order valence-electron chi connectivity index (χ3n) is 4.72. The number of rotatable bonds is 14. The third-order valence-corrected chi connectivity index (χ3v) is 4.93. The summed E-state index contributed by atoms with van der Waals surface area (Å²) in [5.74, 6) is -0.163. The number of thiocarbonyl (C=S) groups is 1. The molecule has 0 aliphatic rings. The second-order valence-electron chi connectivity index (χ2n) is 7.55. The number of unbranched alkanes of at least 4 members (excludes halogenated alkanes) is 10. The third kappa shape index (κ3) is 13.8. The second kappa shape index (κ2) is 15.9. The normalized spacial score (nSPS) is 10.4. The molecule has 0 fully saturated rings. The lowest BCUT2D eigenvalue weighted by Crippen LogP contribution is -2.33. The molecule has 0 bridgehead atoms. The molecule has 1 rings (SSSR count). The summed E-state index contributed by atoms with van der Waals surface area (Å²) < 4.78 is 0. The van der Waals surface area contributed by atoms with Gasteiger partial charge in [-0.2, -0.15) is 0 Å². The number of nitrogens with one attached hydrogen (secondary N) is 3. The van der Waals surface area contributed by atoms with Crippen LogP contribution in [0.25, 0.3) is 0 Å². The van der Waals surface area contributed by atoms with E-state index < -0.39 is 0 Å². The van der Waals surface area contributed by atoms with E-state index in [9.17, 15) is 9.59 Å². The minimum absolute atomic E-state index is 0.0479. The van der Waals surface area contributed by atoms with Crippen LogP contribution in [0.5, 0.6) is 0 Å². The van der Waals surface area contributed by atoms with E-state index in [1.807, 2.05) is 0 Å². The zero-order valence-corrected chi connectivity index (χ0v) is 18.8. The van der Waals surface area contributed by atoms with Gasteiger partial charge in [0, 0.05) is 24.7 Å². The monoisotopic (exact) mass is 419 g/mol. The first-order chi connectivity index (χ1) is 14.0. The molecule has 0 aliphatic carbocycles. The minimum atomic E-state index is -0.115. The molecule has 0 heterocycles. The number of anilines is 2. The Morgan fingerprint density at radius 3 is 1.69 bits per heavy atom. The first kappa shape index (κ1) is 25.1. The Bertz CT molecular complexity index is 617. The lowest BCUT2D eigenvalue weighted by Gasteiger charge is -2.10. The summed E-state index contributed by atoms with van der Waals surface area (Å²) in [7, 11) is 0. The first-order valence-corrected chi connectivity index (χ1v) is 11.4. The lowest BCUT2D eigenvalue weighted by molar-refractivity contribution is -0.119. The molecule has 0 aromatic heterocycles. The van der Waals surface area contributed by atoms with Gasteiger partial charge in [-0.25, -0.2) is 0 Å². The summed E-state index contributed by atoms with van der Waals surface area (Å²) in [5.41, 5.74) is 1.48. The second-order valence-corrected chi connectivity index (χ2v) is 7.95. The summed E-state index contributed by atoms with van der Waals surface area (Å²) >= 11 is 5.19. The Hall–Kier alpha value is -1.95. The maximum absolute atomic E-state index is 12.0. The van der Waals surface area contributed by atoms with Gasteiger partial charge in [-0.15, -0.1) is 0 Å². The van der Waals surface area contributed by atoms with E-state index in [0.717, 1.165) is 24.2 Å². The number of carbonyl (C=O) groups is 2. The van der Waals surface area contributed by atoms with Crippen molar-refractivity contribution in [2.24, 2.45) is 0 Å². The molecule has 3 N–H and O–H groups in total. The predicted octanol–water partition coefficient (Wildman–Crippen LogP) is 6.16. The van der Waals surface area contributed by atoms with Crippen LogP contribution in [0.4, 0.5) is 11.4 Å². The molecule has 0 unspecified atom stereocenters. The van der Waals surface area contributed by atoms with Crippen LogP contribution in [0, 0.1) is 0 Å². The van der Waals surface area contributed by atoms with Crippen LogP contribution < -0.4 is 16.0 Å². The zero-order valence-electron chi connectivity index (χ0n) is 18.0. The Labute approximate surface area is 181 Å². The highest BCUT2D eigenvalue weighted by Gasteiger charge is 2.05. The molecular formula is C23H37N3O2S. The fraction of sp³-hybridized carbons (Fsp3) is 0.609. The zero-order chi connectivity index (χ0) is 21.3. The highest BCUT2D eigenvalue weighted by atomic mass is 32.1. The molecule has 0 radical (unpaired) electrons. The summed E-state index contributed by atoms with van der Waals surface area (Å²) in [6.07, 6.45) is 14.4. The van der Waals surface area contributed by atoms with Crippen molar-refractivity contribution in [1.82, 2.24) is 5.32 Å². The van der Waals surface area contributed by atoms with E-state index in [0.29, 0.717) is 11.5 Å². The highest BCUT2D eigenvalue weighted by molar-refractivity contribution is 7.80. The van der Waals surface area contributed by atoms with Crippen molar-refractivity contribution in [1.29, 1.82) is 0 Å². The van der Waals surface area contributed by atoms with Gasteiger partial charge in [0.05, 0.1) is 0 Å². The van der Waals surface area contributed by atoms with E-state index in [-0.39, 0.29) is 11.8 Å². The molecule has 0 saturated carbocycles. The molecular weight excluding hydrogens is 382 g/mol. The molecule has 29 heavy (non-hydrogen) atoms. The van der Waals surface area contributed by atoms with Gasteiger partial charge >= 0.3 is 0 Å². The fourth-order valence-corrected chi connectivity index (χ4v) is 3.37. The van der Waals surface area contributed by atoms with Crippen LogP contribution in [0.1, 0.15) is 90.9 Å². The van der Waals surface area contributed by atoms with Gasteiger partial charge in [0.25, 0.3) is 0 Å². The van der Waals surface area contributed by atoms with Crippen molar-refractivity contribution < 1.29 is 9.59 Å². The van der Waals surface area contributed by atoms with Crippen molar-refractivity contribution in [2.75, 3.05) is 10.6 Å². The van der Waals surface area contributed by atoms with Crippen molar-refractivity contribution >= 4 is 40.5 Å². The number of hydrogen-bond donors (Lipinski definition) is 3. The molecule has 0 aliphatic heterocycles. The Kier molecular flexibility index (Phi) is 13.8. The number of amides is 2. The van der Waals surface area contributed by atoms with E-state index in [1.165, 1.54) is 64.7 Å². The van der Waals surface area contributed by atoms with E-state index in [2.05, 4.69) is 22.9 Å². The minimum Gasteiger partial charge on any atom is -0.332 e. The molecule has 1 aromatic carbocycles. The van der Waals surface area contributed by atoms with E-state index >= 15 is 0 Å². The molecule has 162 valence electrons. The number of benzene rings is 1. The quantitative estimate of drug-likeness (QED) is 0.249. The average Bonchev–Trinajstić information content (AvgIpc) is 2.67. The predicted molar refractivity (Wildman–Crippen MR) is 126 cm³/mol. The molecule has 0 saturated heterocycles. The van der Waals surface area contributed by atoms with Crippen LogP contribution in [-0.4, -0.2) is 16.9 Å². The van der Waals surface area contributed by atoms with E-state index in [4.69, 9.17) is 12.2 Å². The molecule has 2 amide bonds. The Balaban J connectivity index is 2.05. The van der Waals surface area contributed by atoms with Crippen molar-refractivity contribution in [3.8, 4) is 0 Å².